The minimum Gasteiger partial charge on any atom is -0.496 e. The van der Waals surface area contributed by atoms with Crippen molar-refractivity contribution in [1.82, 2.24) is 9.88 Å². The Morgan fingerprint density at radius 1 is 1.24 bits per heavy atom. The Labute approximate surface area is 124 Å². The molecule has 0 fully saturated rings. The fourth-order valence-electron chi connectivity index (χ4n) is 2.61. The summed E-state index contributed by atoms with van der Waals surface area (Å²) in [5, 5.41) is 4.62. The van der Waals surface area contributed by atoms with Crippen molar-refractivity contribution in [2.24, 2.45) is 0 Å². The van der Waals surface area contributed by atoms with Crippen molar-refractivity contribution in [3.05, 3.63) is 54.6 Å². The van der Waals surface area contributed by atoms with Crippen LogP contribution in [0.3, 0.4) is 0 Å². The van der Waals surface area contributed by atoms with Crippen LogP contribution in [0.15, 0.2) is 53.3 Å². The van der Waals surface area contributed by atoms with Gasteiger partial charge in [-0.05, 0) is 37.3 Å². The molecule has 3 rings (SSSR count). The molecule has 0 bridgehead atoms. The van der Waals surface area contributed by atoms with E-state index in [1.807, 2.05) is 24.3 Å². The highest BCUT2D eigenvalue weighted by molar-refractivity contribution is 5.86. The molecule has 21 heavy (non-hydrogen) atoms. The van der Waals surface area contributed by atoms with Crippen LogP contribution < -0.4 is 10.1 Å². The number of nitrogens with zero attached hydrogens (tertiary/aromatic N) is 1. The van der Waals surface area contributed by atoms with Gasteiger partial charge in [0.2, 0.25) is 0 Å². The van der Waals surface area contributed by atoms with Crippen LogP contribution in [0.2, 0.25) is 0 Å². The summed E-state index contributed by atoms with van der Waals surface area (Å²) in [6, 6.07) is 12.4. The maximum Gasteiger partial charge on any atom is 0.128 e. The maximum atomic E-state index is 5.40. The van der Waals surface area contributed by atoms with Crippen LogP contribution in [-0.4, -0.2) is 18.2 Å². The molecule has 1 aromatic carbocycles. The fourth-order valence-corrected chi connectivity index (χ4v) is 2.61. The average Bonchev–Trinajstić information content (AvgIpc) is 3.16. The first-order valence-corrected chi connectivity index (χ1v) is 7.18. The molecule has 1 unspecified atom stereocenters. The SMILES string of the molecule is COc1cccc2c1ccn2CCNC(C)c1ccco1. The number of fused-ring (bicyclic) bond motifs is 1. The van der Waals surface area contributed by atoms with E-state index in [0.29, 0.717) is 0 Å². The lowest BCUT2D eigenvalue weighted by molar-refractivity contribution is 0.419. The van der Waals surface area contributed by atoms with Crippen LogP contribution in [0.5, 0.6) is 5.75 Å². The van der Waals surface area contributed by atoms with E-state index in [4.69, 9.17) is 9.15 Å². The highest BCUT2D eigenvalue weighted by atomic mass is 16.5. The molecule has 0 radical (unpaired) electrons. The molecule has 0 aliphatic carbocycles. The number of furan rings is 1. The molecule has 0 saturated heterocycles. The van der Waals surface area contributed by atoms with Crippen molar-refractivity contribution in [2.45, 2.75) is 19.5 Å². The van der Waals surface area contributed by atoms with Gasteiger partial charge in [0.05, 0.1) is 24.9 Å². The van der Waals surface area contributed by atoms with Gasteiger partial charge in [-0.25, -0.2) is 0 Å². The predicted octanol–water partition coefficient (Wildman–Crippen LogP) is 3.59. The Bertz CT molecular complexity index is 701. The Balaban J connectivity index is 1.66. The summed E-state index contributed by atoms with van der Waals surface area (Å²) in [5.74, 6) is 1.89. The standard InChI is InChI=1S/C17H20N2O2/c1-13(16-7-4-12-21-16)18-9-11-19-10-8-14-15(19)5-3-6-17(14)20-2/h3-8,10,12-13,18H,9,11H2,1-2H3. The molecule has 2 aromatic heterocycles. The summed E-state index contributed by atoms with van der Waals surface area (Å²) >= 11 is 0. The third-order valence-electron chi connectivity index (χ3n) is 3.77. The van der Waals surface area contributed by atoms with Gasteiger partial charge in [-0.15, -0.1) is 0 Å². The monoisotopic (exact) mass is 284 g/mol. The molecule has 0 spiro atoms. The van der Waals surface area contributed by atoms with E-state index >= 15 is 0 Å². The molecule has 0 aliphatic rings. The van der Waals surface area contributed by atoms with Crippen molar-refractivity contribution in [3.63, 3.8) is 0 Å². The molecule has 1 atom stereocenters. The summed E-state index contributed by atoms with van der Waals surface area (Å²) in [6.07, 6.45) is 3.81. The normalized spacial score (nSPS) is 12.7. The number of hydrogen-bond donors (Lipinski definition) is 1. The van der Waals surface area contributed by atoms with Gasteiger partial charge in [0.15, 0.2) is 0 Å². The molecule has 1 N–H and O–H groups in total. The minimum atomic E-state index is 0.219. The topological polar surface area (TPSA) is 39.3 Å². The molecule has 4 nitrogen and oxygen atoms in total. The second-order valence-corrected chi connectivity index (χ2v) is 5.09. The van der Waals surface area contributed by atoms with Crippen LogP contribution in [0, 0.1) is 0 Å². The number of benzene rings is 1. The van der Waals surface area contributed by atoms with Crippen molar-refractivity contribution in [2.75, 3.05) is 13.7 Å². The number of ether oxygens (including phenoxy) is 1. The summed E-state index contributed by atoms with van der Waals surface area (Å²) in [6.45, 7) is 3.89. The number of hydrogen-bond acceptors (Lipinski definition) is 3. The molecule has 0 saturated carbocycles. The van der Waals surface area contributed by atoms with Crippen LogP contribution in [0.1, 0.15) is 18.7 Å². The highest BCUT2D eigenvalue weighted by Crippen LogP contribution is 2.26. The Morgan fingerprint density at radius 2 is 2.14 bits per heavy atom. The van der Waals surface area contributed by atoms with Gasteiger partial charge in [-0.3, -0.25) is 0 Å². The van der Waals surface area contributed by atoms with Crippen LogP contribution in [0.25, 0.3) is 10.9 Å². The first-order valence-electron chi connectivity index (χ1n) is 7.18. The van der Waals surface area contributed by atoms with Crippen LogP contribution in [0.4, 0.5) is 0 Å². The zero-order valence-electron chi connectivity index (χ0n) is 12.4. The van der Waals surface area contributed by atoms with Gasteiger partial charge in [0.1, 0.15) is 11.5 Å². The molecule has 4 heteroatoms. The summed E-state index contributed by atoms with van der Waals surface area (Å²) in [5.41, 5.74) is 1.20. The van der Waals surface area contributed by atoms with Gasteiger partial charge >= 0.3 is 0 Å². The summed E-state index contributed by atoms with van der Waals surface area (Å²) < 4.78 is 13.0. The van der Waals surface area contributed by atoms with Crippen molar-refractivity contribution >= 4 is 10.9 Å². The van der Waals surface area contributed by atoms with E-state index < -0.39 is 0 Å². The first-order chi connectivity index (χ1) is 10.3. The molecule has 0 aliphatic heterocycles. The Morgan fingerprint density at radius 3 is 2.90 bits per heavy atom. The zero-order chi connectivity index (χ0) is 14.7. The van der Waals surface area contributed by atoms with E-state index in [1.165, 1.54) is 5.52 Å². The van der Waals surface area contributed by atoms with E-state index in [-0.39, 0.29) is 6.04 Å². The fraction of sp³-hybridized carbons (Fsp3) is 0.294. The van der Waals surface area contributed by atoms with E-state index in [9.17, 15) is 0 Å². The van der Waals surface area contributed by atoms with Crippen molar-refractivity contribution in [3.8, 4) is 5.75 Å². The smallest absolute Gasteiger partial charge is 0.128 e. The Kier molecular flexibility index (Phi) is 3.97. The second-order valence-electron chi connectivity index (χ2n) is 5.09. The second kappa shape index (κ2) is 6.06. The van der Waals surface area contributed by atoms with Crippen molar-refractivity contribution in [1.29, 1.82) is 0 Å². The van der Waals surface area contributed by atoms with Gasteiger partial charge < -0.3 is 19.0 Å². The van der Waals surface area contributed by atoms with Crippen molar-refractivity contribution < 1.29 is 9.15 Å². The largest absolute Gasteiger partial charge is 0.496 e. The van der Waals surface area contributed by atoms with Gasteiger partial charge in [-0.1, -0.05) is 6.07 Å². The molecule has 110 valence electrons. The maximum absolute atomic E-state index is 5.40. The quantitative estimate of drug-likeness (QED) is 0.752. The van der Waals surface area contributed by atoms with E-state index in [0.717, 1.165) is 30.0 Å². The minimum absolute atomic E-state index is 0.219. The van der Waals surface area contributed by atoms with Gasteiger partial charge in [0.25, 0.3) is 0 Å². The number of rotatable bonds is 6. The summed E-state index contributed by atoms with van der Waals surface area (Å²) in [4.78, 5) is 0. The number of methoxy groups -OCH3 is 1. The third kappa shape index (κ3) is 2.81. The van der Waals surface area contributed by atoms with Crippen LogP contribution >= 0.6 is 0 Å². The van der Waals surface area contributed by atoms with E-state index in [1.54, 1.807) is 13.4 Å². The lowest BCUT2D eigenvalue weighted by Gasteiger charge is -2.12. The first kappa shape index (κ1) is 13.8. The highest BCUT2D eigenvalue weighted by Gasteiger charge is 2.08. The van der Waals surface area contributed by atoms with Gasteiger partial charge in [-0.2, -0.15) is 0 Å². The zero-order valence-corrected chi connectivity index (χ0v) is 12.4. The molecule has 3 aromatic rings. The lowest BCUT2D eigenvalue weighted by atomic mass is 10.2. The average molecular weight is 284 g/mol. The Hall–Kier alpha value is -2.20. The molecular weight excluding hydrogens is 264 g/mol. The summed E-state index contributed by atoms with van der Waals surface area (Å²) in [7, 11) is 1.71. The van der Waals surface area contributed by atoms with Crippen LogP contribution in [-0.2, 0) is 6.54 Å². The number of aromatic nitrogens is 1. The van der Waals surface area contributed by atoms with E-state index in [2.05, 4.69) is 35.1 Å². The predicted molar refractivity (Wildman–Crippen MR) is 83.6 cm³/mol. The molecule has 2 heterocycles. The van der Waals surface area contributed by atoms with Gasteiger partial charge in [0, 0.05) is 24.7 Å². The molecular formula is C17H20N2O2. The third-order valence-corrected chi connectivity index (χ3v) is 3.77. The molecule has 0 amide bonds. The number of nitrogens with one attached hydrogen (secondary N) is 1. The lowest BCUT2D eigenvalue weighted by Crippen LogP contribution is -2.22.